The van der Waals surface area contributed by atoms with Gasteiger partial charge in [-0.2, -0.15) is 5.10 Å². The maximum absolute atomic E-state index is 12.2. The molecule has 1 fully saturated rings. The van der Waals surface area contributed by atoms with E-state index in [0.29, 0.717) is 24.5 Å². The van der Waals surface area contributed by atoms with Gasteiger partial charge in [-0.15, -0.1) is 0 Å². The molecule has 0 spiro atoms. The number of benzene rings is 1. The van der Waals surface area contributed by atoms with Gasteiger partial charge in [-0.25, -0.2) is 0 Å². The molecule has 1 unspecified atom stereocenters. The van der Waals surface area contributed by atoms with E-state index in [4.69, 9.17) is 11.6 Å². The summed E-state index contributed by atoms with van der Waals surface area (Å²) in [5.74, 6) is -0.216. The van der Waals surface area contributed by atoms with Gasteiger partial charge in [0.25, 0.3) is 5.91 Å². The van der Waals surface area contributed by atoms with E-state index in [1.807, 2.05) is 24.3 Å². The summed E-state index contributed by atoms with van der Waals surface area (Å²) in [5, 5.41) is 21.5. The minimum atomic E-state index is -1.32. The fraction of sp³-hybridized carbons (Fsp3) is 0.412. The number of aromatic amines is 1. The standard InChI is InChI=1S/C17H21ClN4O2/c1-22-8-2-7-17(24,16(22)23)11-19-9-13-10-20-21-15(13)12-3-5-14(18)6-4-12/h3-6,10,19,24H,2,7-9,11H2,1H3,(H,20,21). The third-order valence-electron chi connectivity index (χ3n) is 4.41. The maximum atomic E-state index is 12.2. The predicted octanol–water partition coefficient (Wildman–Crippen LogP) is 1.80. The highest BCUT2D eigenvalue weighted by Crippen LogP contribution is 2.24. The van der Waals surface area contributed by atoms with E-state index in [1.54, 1.807) is 18.1 Å². The number of halogens is 1. The number of carbonyl (C=O) groups is 1. The molecule has 3 N–H and O–H groups in total. The molecule has 1 aromatic heterocycles. The normalized spacial score (nSPS) is 21.3. The van der Waals surface area contributed by atoms with Gasteiger partial charge in [0.15, 0.2) is 5.60 Å². The smallest absolute Gasteiger partial charge is 0.255 e. The van der Waals surface area contributed by atoms with E-state index in [2.05, 4.69) is 15.5 Å². The van der Waals surface area contributed by atoms with Gasteiger partial charge in [0.2, 0.25) is 0 Å². The molecule has 1 atom stereocenters. The molecule has 1 aliphatic heterocycles. The molecule has 0 aliphatic carbocycles. The first-order valence-corrected chi connectivity index (χ1v) is 8.34. The fourth-order valence-electron chi connectivity index (χ4n) is 3.05. The largest absolute Gasteiger partial charge is 0.379 e. The van der Waals surface area contributed by atoms with Crippen LogP contribution in [0.3, 0.4) is 0 Å². The zero-order valence-electron chi connectivity index (χ0n) is 13.6. The molecule has 2 aromatic rings. The summed E-state index contributed by atoms with van der Waals surface area (Å²) in [5.41, 5.74) is 1.54. The van der Waals surface area contributed by atoms with Gasteiger partial charge >= 0.3 is 0 Å². The zero-order chi connectivity index (χ0) is 17.2. The second-order valence-electron chi connectivity index (χ2n) is 6.24. The first-order valence-electron chi connectivity index (χ1n) is 7.96. The molecule has 0 bridgehead atoms. The van der Waals surface area contributed by atoms with Crippen molar-refractivity contribution in [2.75, 3.05) is 20.1 Å². The zero-order valence-corrected chi connectivity index (χ0v) is 14.3. The van der Waals surface area contributed by atoms with Crippen LogP contribution < -0.4 is 5.32 Å². The van der Waals surface area contributed by atoms with E-state index in [-0.39, 0.29) is 12.5 Å². The van der Waals surface area contributed by atoms with Crippen molar-refractivity contribution in [3.05, 3.63) is 41.0 Å². The number of nitrogens with zero attached hydrogens (tertiary/aromatic N) is 2. The third kappa shape index (κ3) is 3.45. The lowest BCUT2D eigenvalue weighted by Gasteiger charge is -2.36. The summed E-state index contributed by atoms with van der Waals surface area (Å²) in [4.78, 5) is 13.8. The van der Waals surface area contributed by atoms with Gasteiger partial charge in [-0.05, 0) is 30.5 Å². The number of amides is 1. The van der Waals surface area contributed by atoms with E-state index in [1.165, 1.54) is 0 Å². The Kier molecular flexibility index (Phi) is 4.89. The van der Waals surface area contributed by atoms with E-state index >= 15 is 0 Å². The lowest BCUT2D eigenvalue weighted by Crippen LogP contribution is -2.56. The molecule has 0 radical (unpaired) electrons. The maximum Gasteiger partial charge on any atom is 0.255 e. The van der Waals surface area contributed by atoms with Crippen LogP contribution in [-0.4, -0.2) is 51.8 Å². The highest BCUT2D eigenvalue weighted by molar-refractivity contribution is 6.30. The van der Waals surface area contributed by atoms with Gasteiger partial charge in [0.1, 0.15) is 0 Å². The first kappa shape index (κ1) is 17.0. The molecule has 1 amide bonds. The summed E-state index contributed by atoms with van der Waals surface area (Å²) in [6.07, 6.45) is 3.04. The van der Waals surface area contributed by atoms with Crippen molar-refractivity contribution in [2.24, 2.45) is 0 Å². The summed E-state index contributed by atoms with van der Waals surface area (Å²) in [6, 6.07) is 7.50. The second-order valence-corrected chi connectivity index (χ2v) is 6.68. The van der Waals surface area contributed by atoms with Gasteiger partial charge in [-0.3, -0.25) is 9.89 Å². The second kappa shape index (κ2) is 6.93. The lowest BCUT2D eigenvalue weighted by atomic mass is 9.92. The van der Waals surface area contributed by atoms with Crippen LogP contribution in [0.1, 0.15) is 18.4 Å². The topological polar surface area (TPSA) is 81.2 Å². The molecule has 3 rings (SSSR count). The summed E-state index contributed by atoms with van der Waals surface area (Å²) >= 11 is 5.92. The molecule has 1 aliphatic rings. The predicted molar refractivity (Wildman–Crippen MR) is 92.6 cm³/mol. The Hall–Kier alpha value is -1.89. The average molecular weight is 349 g/mol. The van der Waals surface area contributed by atoms with Crippen LogP contribution in [0.25, 0.3) is 11.3 Å². The van der Waals surface area contributed by atoms with Crippen molar-refractivity contribution in [1.82, 2.24) is 20.4 Å². The summed E-state index contributed by atoms with van der Waals surface area (Å²) < 4.78 is 0. The molecule has 0 saturated carbocycles. The number of aromatic nitrogens is 2. The summed E-state index contributed by atoms with van der Waals surface area (Å²) in [7, 11) is 1.72. The van der Waals surface area contributed by atoms with Crippen LogP contribution in [0, 0.1) is 0 Å². The highest BCUT2D eigenvalue weighted by atomic mass is 35.5. The molecule has 128 valence electrons. The number of likely N-dealkylation sites (N-methyl/N-ethyl adjacent to an activating group) is 1. The van der Waals surface area contributed by atoms with Crippen molar-refractivity contribution in [1.29, 1.82) is 0 Å². The fourth-order valence-corrected chi connectivity index (χ4v) is 3.18. The van der Waals surface area contributed by atoms with Crippen LogP contribution >= 0.6 is 11.6 Å². The van der Waals surface area contributed by atoms with Gasteiger partial charge < -0.3 is 15.3 Å². The lowest BCUT2D eigenvalue weighted by molar-refractivity contribution is -0.154. The number of nitrogens with one attached hydrogen (secondary N) is 2. The molecule has 24 heavy (non-hydrogen) atoms. The van der Waals surface area contributed by atoms with E-state index < -0.39 is 5.60 Å². The number of hydrogen-bond acceptors (Lipinski definition) is 4. The average Bonchev–Trinajstić information content (AvgIpc) is 3.02. The molecule has 1 saturated heterocycles. The minimum absolute atomic E-state index is 0.216. The van der Waals surface area contributed by atoms with Gasteiger partial charge in [0, 0.05) is 37.3 Å². The number of aliphatic hydroxyl groups is 1. The highest BCUT2D eigenvalue weighted by Gasteiger charge is 2.40. The SMILES string of the molecule is CN1CCCC(O)(CNCc2cn[nH]c2-c2ccc(Cl)cc2)C1=O. The molecule has 1 aromatic carbocycles. The van der Waals surface area contributed by atoms with Crippen LogP contribution in [0.15, 0.2) is 30.5 Å². The Morgan fingerprint density at radius 1 is 1.42 bits per heavy atom. The number of carbonyl (C=O) groups excluding carboxylic acids is 1. The molecule has 7 heteroatoms. The Balaban J connectivity index is 1.65. The Morgan fingerprint density at radius 3 is 2.92 bits per heavy atom. The van der Waals surface area contributed by atoms with Crippen LogP contribution in [-0.2, 0) is 11.3 Å². The number of rotatable bonds is 5. The van der Waals surface area contributed by atoms with E-state index in [9.17, 15) is 9.90 Å². The number of H-pyrrole nitrogens is 1. The van der Waals surface area contributed by atoms with Gasteiger partial charge in [-0.1, -0.05) is 23.7 Å². The molecule has 2 heterocycles. The minimum Gasteiger partial charge on any atom is -0.379 e. The third-order valence-corrected chi connectivity index (χ3v) is 4.66. The van der Waals surface area contributed by atoms with Crippen LogP contribution in [0.2, 0.25) is 5.02 Å². The molecular formula is C17H21ClN4O2. The van der Waals surface area contributed by atoms with Crippen LogP contribution in [0.5, 0.6) is 0 Å². The van der Waals surface area contributed by atoms with E-state index in [0.717, 1.165) is 23.2 Å². The molecular weight excluding hydrogens is 328 g/mol. The summed E-state index contributed by atoms with van der Waals surface area (Å²) in [6.45, 7) is 1.43. The quantitative estimate of drug-likeness (QED) is 0.769. The van der Waals surface area contributed by atoms with Crippen molar-refractivity contribution in [3.8, 4) is 11.3 Å². The number of piperidine rings is 1. The van der Waals surface area contributed by atoms with Crippen LogP contribution in [0.4, 0.5) is 0 Å². The van der Waals surface area contributed by atoms with Crippen molar-refractivity contribution in [3.63, 3.8) is 0 Å². The van der Waals surface area contributed by atoms with Crippen molar-refractivity contribution < 1.29 is 9.90 Å². The first-order chi connectivity index (χ1) is 11.5. The Labute approximate surface area is 145 Å². The number of likely N-dealkylation sites (tertiary alicyclic amines) is 1. The Bertz CT molecular complexity index is 716. The van der Waals surface area contributed by atoms with Crippen molar-refractivity contribution >= 4 is 17.5 Å². The van der Waals surface area contributed by atoms with Gasteiger partial charge in [0.05, 0.1) is 11.9 Å². The monoisotopic (exact) mass is 348 g/mol. The number of hydrogen-bond donors (Lipinski definition) is 3. The molecule has 6 nitrogen and oxygen atoms in total. The Morgan fingerprint density at radius 2 is 2.17 bits per heavy atom. The van der Waals surface area contributed by atoms with Crippen molar-refractivity contribution in [2.45, 2.75) is 25.0 Å².